The first-order chi connectivity index (χ1) is 11.7. The molecule has 1 aliphatic rings. The van der Waals surface area contributed by atoms with Crippen LogP contribution in [-0.2, 0) is 19.2 Å². The molecular formula is C16H20N2O6S. The van der Waals surface area contributed by atoms with Gasteiger partial charge in [0, 0.05) is 13.1 Å². The van der Waals surface area contributed by atoms with E-state index in [1.54, 1.807) is 0 Å². The summed E-state index contributed by atoms with van der Waals surface area (Å²) < 4.78 is 0. The minimum atomic E-state index is -1.54. The second-order valence-electron chi connectivity index (χ2n) is 5.55. The van der Waals surface area contributed by atoms with Crippen LogP contribution in [0.4, 0.5) is 0 Å². The zero-order chi connectivity index (χ0) is 19.2. The molecule has 2 N–H and O–H groups in total. The second-order valence-corrected chi connectivity index (χ2v) is 5.92. The van der Waals surface area contributed by atoms with Crippen LogP contribution in [0.1, 0.15) is 25.7 Å². The van der Waals surface area contributed by atoms with Gasteiger partial charge in [0.15, 0.2) is 5.11 Å². The van der Waals surface area contributed by atoms with Crippen molar-refractivity contribution < 1.29 is 29.4 Å². The second kappa shape index (κ2) is 8.52. The molecule has 1 rings (SSSR count). The van der Waals surface area contributed by atoms with Crippen molar-refractivity contribution >= 4 is 41.1 Å². The predicted octanol–water partition coefficient (Wildman–Crippen LogP) is 1.03. The number of carboxylic acids is 2. The molecule has 0 spiro atoms. The van der Waals surface area contributed by atoms with Crippen LogP contribution in [0.3, 0.4) is 0 Å². The fourth-order valence-corrected chi connectivity index (χ4v) is 3.01. The van der Waals surface area contributed by atoms with Crippen molar-refractivity contribution in [3.63, 3.8) is 0 Å². The number of carbonyl (C=O) groups is 4. The highest BCUT2D eigenvalue weighted by molar-refractivity contribution is 7.80. The van der Waals surface area contributed by atoms with Crippen LogP contribution < -0.4 is 0 Å². The minimum absolute atomic E-state index is 0.00639. The van der Waals surface area contributed by atoms with Gasteiger partial charge in [-0.3, -0.25) is 29.0 Å². The van der Waals surface area contributed by atoms with Crippen LogP contribution in [0.15, 0.2) is 25.3 Å². The SMILES string of the molecule is C=CCC1(CC=C)C(=O)N(CCC(=O)O)C(=S)N(CCC(=O)O)C1=O. The largest absolute Gasteiger partial charge is 0.481 e. The van der Waals surface area contributed by atoms with E-state index in [-0.39, 0.29) is 43.9 Å². The zero-order valence-electron chi connectivity index (χ0n) is 13.6. The van der Waals surface area contributed by atoms with E-state index in [0.29, 0.717) is 0 Å². The number of aliphatic carboxylic acids is 2. The molecule has 0 saturated carbocycles. The molecule has 0 aromatic carbocycles. The summed E-state index contributed by atoms with van der Waals surface area (Å²) in [5.74, 6) is -3.48. The number of carboxylic acid groups (broad SMARTS) is 2. The number of hydrogen-bond acceptors (Lipinski definition) is 5. The van der Waals surface area contributed by atoms with Crippen molar-refractivity contribution in [3.05, 3.63) is 25.3 Å². The maximum Gasteiger partial charge on any atom is 0.305 e. The Morgan fingerprint density at radius 1 is 0.960 bits per heavy atom. The first kappa shape index (κ1) is 20.5. The normalized spacial score (nSPS) is 16.7. The highest BCUT2D eigenvalue weighted by Crippen LogP contribution is 2.37. The summed E-state index contributed by atoms with van der Waals surface area (Å²) in [6.07, 6.45) is 2.13. The van der Waals surface area contributed by atoms with Crippen molar-refractivity contribution in [2.45, 2.75) is 25.7 Å². The van der Waals surface area contributed by atoms with E-state index in [1.807, 2.05) is 0 Å². The lowest BCUT2D eigenvalue weighted by Crippen LogP contribution is -2.65. The molecule has 25 heavy (non-hydrogen) atoms. The van der Waals surface area contributed by atoms with Crippen LogP contribution in [0.5, 0.6) is 0 Å². The number of thiocarbonyl (C=S) groups is 1. The maximum absolute atomic E-state index is 12.9. The quantitative estimate of drug-likeness (QED) is 0.336. The smallest absolute Gasteiger partial charge is 0.305 e. The number of amides is 2. The third kappa shape index (κ3) is 4.30. The monoisotopic (exact) mass is 368 g/mol. The van der Waals surface area contributed by atoms with Crippen molar-refractivity contribution in [3.8, 4) is 0 Å². The first-order valence-corrected chi connectivity index (χ1v) is 7.95. The molecule has 2 amide bonds. The minimum Gasteiger partial charge on any atom is -0.481 e. The van der Waals surface area contributed by atoms with Gasteiger partial charge in [-0.2, -0.15) is 0 Å². The van der Waals surface area contributed by atoms with E-state index in [1.165, 1.54) is 12.2 Å². The third-order valence-electron chi connectivity index (χ3n) is 3.86. The Kier molecular flexibility index (Phi) is 6.98. The summed E-state index contributed by atoms with van der Waals surface area (Å²) in [5, 5.41) is 17.6. The van der Waals surface area contributed by atoms with Gasteiger partial charge in [0.05, 0.1) is 12.8 Å². The maximum atomic E-state index is 12.9. The van der Waals surface area contributed by atoms with Crippen LogP contribution in [0.25, 0.3) is 0 Å². The van der Waals surface area contributed by atoms with Gasteiger partial charge in [-0.15, -0.1) is 13.2 Å². The van der Waals surface area contributed by atoms with Crippen LogP contribution >= 0.6 is 12.2 Å². The predicted molar refractivity (Wildman–Crippen MR) is 92.6 cm³/mol. The summed E-state index contributed by atoms with van der Waals surface area (Å²) in [7, 11) is 0. The molecular weight excluding hydrogens is 348 g/mol. The molecule has 1 heterocycles. The topological polar surface area (TPSA) is 115 Å². The van der Waals surface area contributed by atoms with Crippen LogP contribution in [-0.4, -0.2) is 62.0 Å². The lowest BCUT2D eigenvalue weighted by atomic mass is 9.76. The van der Waals surface area contributed by atoms with Gasteiger partial charge in [0.2, 0.25) is 11.8 Å². The Morgan fingerprint density at radius 2 is 1.32 bits per heavy atom. The number of hydrogen-bond donors (Lipinski definition) is 2. The molecule has 0 radical (unpaired) electrons. The van der Waals surface area contributed by atoms with Crippen molar-refractivity contribution in [1.82, 2.24) is 9.80 Å². The average Bonchev–Trinajstić information content (AvgIpc) is 2.52. The lowest BCUT2D eigenvalue weighted by molar-refractivity contribution is -0.156. The van der Waals surface area contributed by atoms with Gasteiger partial charge >= 0.3 is 11.9 Å². The molecule has 1 fully saturated rings. The fourth-order valence-electron chi connectivity index (χ4n) is 2.66. The number of nitrogens with zero attached hydrogens (tertiary/aromatic N) is 2. The molecule has 1 saturated heterocycles. The van der Waals surface area contributed by atoms with Crippen LogP contribution in [0.2, 0.25) is 0 Å². The average molecular weight is 368 g/mol. The highest BCUT2D eigenvalue weighted by Gasteiger charge is 2.54. The van der Waals surface area contributed by atoms with Gasteiger partial charge in [-0.05, 0) is 25.1 Å². The Labute approximate surface area is 150 Å². The Hall–Kier alpha value is -2.55. The molecule has 136 valence electrons. The van der Waals surface area contributed by atoms with Crippen molar-refractivity contribution in [2.24, 2.45) is 5.41 Å². The van der Waals surface area contributed by atoms with Gasteiger partial charge in [-0.25, -0.2) is 0 Å². The molecule has 0 aromatic heterocycles. The number of carbonyl (C=O) groups excluding carboxylic acids is 2. The summed E-state index contributed by atoms with van der Waals surface area (Å²) in [4.78, 5) is 49.7. The number of rotatable bonds is 10. The van der Waals surface area contributed by atoms with E-state index >= 15 is 0 Å². The molecule has 0 aliphatic carbocycles. The zero-order valence-corrected chi connectivity index (χ0v) is 14.5. The summed E-state index contributed by atoms with van der Waals surface area (Å²) in [6.45, 7) is 6.73. The first-order valence-electron chi connectivity index (χ1n) is 7.54. The Balaban J connectivity index is 3.32. The third-order valence-corrected chi connectivity index (χ3v) is 4.30. The Bertz CT molecular complexity index is 578. The lowest BCUT2D eigenvalue weighted by Gasteiger charge is -2.45. The van der Waals surface area contributed by atoms with E-state index in [2.05, 4.69) is 13.2 Å². The van der Waals surface area contributed by atoms with Gasteiger partial charge < -0.3 is 10.2 Å². The van der Waals surface area contributed by atoms with E-state index in [0.717, 1.165) is 9.80 Å². The van der Waals surface area contributed by atoms with Gasteiger partial charge in [0.25, 0.3) is 0 Å². The van der Waals surface area contributed by atoms with Gasteiger partial charge in [0.1, 0.15) is 5.41 Å². The molecule has 9 heteroatoms. The van der Waals surface area contributed by atoms with Gasteiger partial charge in [-0.1, -0.05) is 12.2 Å². The molecule has 1 aliphatic heterocycles. The van der Waals surface area contributed by atoms with E-state index in [9.17, 15) is 19.2 Å². The number of allylic oxidation sites excluding steroid dienone is 2. The molecule has 8 nitrogen and oxygen atoms in total. The highest BCUT2D eigenvalue weighted by atomic mass is 32.1. The fraction of sp³-hybridized carbons (Fsp3) is 0.438. The van der Waals surface area contributed by atoms with Crippen molar-refractivity contribution in [1.29, 1.82) is 0 Å². The van der Waals surface area contributed by atoms with E-state index in [4.69, 9.17) is 22.4 Å². The van der Waals surface area contributed by atoms with Crippen molar-refractivity contribution in [2.75, 3.05) is 13.1 Å². The Morgan fingerprint density at radius 3 is 1.60 bits per heavy atom. The summed E-state index contributed by atoms with van der Waals surface area (Å²) in [6, 6.07) is 0. The summed E-state index contributed by atoms with van der Waals surface area (Å²) in [5.41, 5.74) is -1.54. The molecule has 0 unspecified atom stereocenters. The standard InChI is InChI=1S/C16H20N2O6S/c1-3-7-16(8-4-2)13(23)17(9-5-11(19)20)15(25)18(14(16)24)10-6-12(21)22/h3-4H,1-2,5-10H2,(H,19,20)(H,21,22). The van der Waals surface area contributed by atoms with Crippen LogP contribution in [0, 0.1) is 5.41 Å². The molecule has 0 atom stereocenters. The van der Waals surface area contributed by atoms with E-state index < -0.39 is 29.2 Å². The summed E-state index contributed by atoms with van der Waals surface area (Å²) >= 11 is 5.15. The molecule has 0 aromatic rings. The molecule has 0 bridgehead atoms.